The van der Waals surface area contributed by atoms with E-state index in [4.69, 9.17) is 0 Å². The lowest BCUT2D eigenvalue weighted by Crippen LogP contribution is -2.40. The summed E-state index contributed by atoms with van der Waals surface area (Å²) in [4.78, 5) is 16.5. The number of guanidine groups is 1. The second kappa shape index (κ2) is 10.0. The average Bonchev–Trinajstić information content (AvgIpc) is 2.49. The highest BCUT2D eigenvalue weighted by atomic mass is 19.4. The fourth-order valence-electron chi connectivity index (χ4n) is 2.50. The molecule has 1 rings (SSSR count). The SMILES string of the molecule is CCNC(=NCC(=O)N(C)CC(F)(F)F)NCCc1cc(C)cc(C)c1. The van der Waals surface area contributed by atoms with E-state index in [0.717, 1.165) is 13.5 Å². The first kappa shape index (κ1) is 21.8. The van der Waals surface area contributed by atoms with Crippen molar-refractivity contribution < 1.29 is 18.0 Å². The zero-order valence-electron chi connectivity index (χ0n) is 15.7. The van der Waals surface area contributed by atoms with Gasteiger partial charge in [-0.1, -0.05) is 29.3 Å². The van der Waals surface area contributed by atoms with Gasteiger partial charge in [0.2, 0.25) is 5.91 Å². The normalized spacial score (nSPS) is 12.0. The number of hydrogen-bond donors (Lipinski definition) is 2. The van der Waals surface area contributed by atoms with Crippen molar-refractivity contribution in [1.29, 1.82) is 0 Å². The second-order valence-corrected chi connectivity index (χ2v) is 6.23. The highest BCUT2D eigenvalue weighted by Gasteiger charge is 2.30. The number of nitrogens with one attached hydrogen (secondary N) is 2. The fourth-order valence-corrected chi connectivity index (χ4v) is 2.50. The second-order valence-electron chi connectivity index (χ2n) is 6.23. The third-order valence-electron chi connectivity index (χ3n) is 3.55. The van der Waals surface area contributed by atoms with E-state index < -0.39 is 18.6 Å². The summed E-state index contributed by atoms with van der Waals surface area (Å²) < 4.78 is 36.9. The maximum atomic E-state index is 12.3. The quantitative estimate of drug-likeness (QED) is 0.571. The van der Waals surface area contributed by atoms with Crippen LogP contribution in [0.5, 0.6) is 0 Å². The van der Waals surface area contributed by atoms with Gasteiger partial charge >= 0.3 is 6.18 Å². The van der Waals surface area contributed by atoms with Gasteiger partial charge in [-0.15, -0.1) is 0 Å². The van der Waals surface area contributed by atoms with E-state index in [0.29, 0.717) is 23.9 Å². The van der Waals surface area contributed by atoms with Crippen LogP contribution in [0.1, 0.15) is 23.6 Å². The first-order chi connectivity index (χ1) is 12.1. The molecule has 0 heterocycles. The predicted molar refractivity (Wildman–Crippen MR) is 97.3 cm³/mol. The molecule has 0 fully saturated rings. The minimum atomic E-state index is -4.41. The van der Waals surface area contributed by atoms with E-state index in [9.17, 15) is 18.0 Å². The van der Waals surface area contributed by atoms with Gasteiger partial charge in [0.05, 0.1) is 0 Å². The molecule has 0 aliphatic heterocycles. The molecule has 0 radical (unpaired) electrons. The van der Waals surface area contributed by atoms with Gasteiger partial charge in [-0.05, 0) is 32.8 Å². The maximum absolute atomic E-state index is 12.3. The van der Waals surface area contributed by atoms with Crippen LogP contribution >= 0.6 is 0 Å². The number of hydrogen-bond acceptors (Lipinski definition) is 2. The highest BCUT2D eigenvalue weighted by molar-refractivity contribution is 5.84. The largest absolute Gasteiger partial charge is 0.406 e. The summed E-state index contributed by atoms with van der Waals surface area (Å²) in [5.74, 6) is -0.278. The van der Waals surface area contributed by atoms with E-state index in [1.165, 1.54) is 16.7 Å². The number of alkyl halides is 3. The number of carbonyl (C=O) groups excluding carboxylic acids is 1. The van der Waals surface area contributed by atoms with Gasteiger partial charge in [-0.3, -0.25) is 4.79 Å². The van der Waals surface area contributed by atoms with E-state index in [1.807, 2.05) is 20.8 Å². The summed E-state index contributed by atoms with van der Waals surface area (Å²) in [6, 6.07) is 6.31. The molecule has 0 saturated heterocycles. The number of carbonyl (C=O) groups is 1. The Labute approximate surface area is 152 Å². The van der Waals surface area contributed by atoms with Crippen LogP contribution < -0.4 is 10.6 Å². The molecule has 146 valence electrons. The van der Waals surface area contributed by atoms with Crippen molar-refractivity contribution in [1.82, 2.24) is 15.5 Å². The van der Waals surface area contributed by atoms with Crippen molar-refractivity contribution >= 4 is 11.9 Å². The molecule has 8 heteroatoms. The number of aliphatic imine (C=N–C) groups is 1. The molecule has 2 N–H and O–H groups in total. The topological polar surface area (TPSA) is 56.7 Å². The smallest absolute Gasteiger partial charge is 0.357 e. The van der Waals surface area contributed by atoms with Crippen LogP contribution in [0.4, 0.5) is 13.2 Å². The number of aryl methyl sites for hydroxylation is 2. The lowest BCUT2D eigenvalue weighted by atomic mass is 10.1. The fraction of sp³-hybridized carbons (Fsp3) is 0.556. The predicted octanol–water partition coefficient (Wildman–Crippen LogP) is 2.42. The molecule has 0 aliphatic rings. The van der Waals surface area contributed by atoms with E-state index in [1.54, 1.807) is 0 Å². The molecule has 0 saturated carbocycles. The monoisotopic (exact) mass is 372 g/mol. The Hall–Kier alpha value is -2.25. The Bertz CT molecular complexity index is 609. The molecular formula is C18H27F3N4O. The third-order valence-corrected chi connectivity index (χ3v) is 3.55. The molecule has 1 aromatic rings. The third kappa shape index (κ3) is 8.73. The van der Waals surface area contributed by atoms with Crippen LogP contribution in [0.15, 0.2) is 23.2 Å². The number of halogens is 3. The molecule has 0 aromatic heterocycles. The number of rotatable bonds is 7. The Morgan fingerprint density at radius 2 is 1.77 bits per heavy atom. The summed E-state index contributed by atoms with van der Waals surface area (Å²) in [6.45, 7) is 5.52. The van der Waals surface area contributed by atoms with Gasteiger partial charge < -0.3 is 15.5 Å². The molecule has 0 unspecified atom stereocenters. The van der Waals surface area contributed by atoms with Crippen molar-refractivity contribution in [3.8, 4) is 0 Å². The summed E-state index contributed by atoms with van der Waals surface area (Å²) in [7, 11) is 1.12. The molecule has 5 nitrogen and oxygen atoms in total. The number of amides is 1. The van der Waals surface area contributed by atoms with E-state index in [-0.39, 0.29) is 6.54 Å². The molecule has 0 atom stereocenters. The average molecular weight is 372 g/mol. The first-order valence-corrected chi connectivity index (χ1v) is 8.50. The molecular weight excluding hydrogens is 345 g/mol. The minimum absolute atomic E-state index is 0.342. The van der Waals surface area contributed by atoms with Crippen molar-refractivity contribution in [3.63, 3.8) is 0 Å². The van der Waals surface area contributed by atoms with Gasteiger partial charge in [0.25, 0.3) is 0 Å². The molecule has 0 aliphatic carbocycles. The summed E-state index contributed by atoms with van der Waals surface area (Å²) in [6.07, 6.45) is -3.64. The first-order valence-electron chi connectivity index (χ1n) is 8.50. The Kier molecular flexibility index (Phi) is 8.41. The summed E-state index contributed by atoms with van der Waals surface area (Å²) >= 11 is 0. The van der Waals surface area contributed by atoms with E-state index >= 15 is 0 Å². The van der Waals surface area contributed by atoms with E-state index in [2.05, 4.69) is 33.8 Å². The number of likely N-dealkylation sites (N-methyl/N-ethyl adjacent to an activating group) is 1. The van der Waals surface area contributed by atoms with Crippen molar-refractivity contribution in [2.75, 3.05) is 33.2 Å². The Morgan fingerprint density at radius 3 is 2.31 bits per heavy atom. The number of nitrogens with zero attached hydrogens (tertiary/aromatic N) is 2. The van der Waals surface area contributed by atoms with Crippen LogP contribution in [0.25, 0.3) is 0 Å². The standard InChI is InChI=1S/C18H27F3N4O/c1-5-22-17(24-11-16(26)25(4)12-18(19,20)21)23-7-6-15-9-13(2)8-14(3)10-15/h8-10H,5-7,11-12H2,1-4H3,(H2,22,23,24). The Morgan fingerprint density at radius 1 is 1.15 bits per heavy atom. The number of benzene rings is 1. The lowest BCUT2D eigenvalue weighted by Gasteiger charge is -2.18. The lowest BCUT2D eigenvalue weighted by molar-refractivity contribution is -0.157. The zero-order valence-corrected chi connectivity index (χ0v) is 15.7. The minimum Gasteiger partial charge on any atom is -0.357 e. The molecule has 0 bridgehead atoms. The Balaban J connectivity index is 2.56. The van der Waals surface area contributed by atoms with Crippen LogP contribution in [-0.4, -0.2) is 56.2 Å². The highest BCUT2D eigenvalue weighted by Crippen LogP contribution is 2.15. The van der Waals surface area contributed by atoms with Crippen molar-refractivity contribution in [2.24, 2.45) is 4.99 Å². The van der Waals surface area contributed by atoms with Crippen molar-refractivity contribution in [3.05, 3.63) is 34.9 Å². The van der Waals surface area contributed by atoms with Crippen molar-refractivity contribution in [2.45, 2.75) is 33.4 Å². The van der Waals surface area contributed by atoms with Crippen LogP contribution in [-0.2, 0) is 11.2 Å². The molecule has 1 amide bonds. The van der Waals surface area contributed by atoms with Crippen LogP contribution in [0.2, 0.25) is 0 Å². The van der Waals surface area contributed by atoms with Gasteiger partial charge in [0.15, 0.2) is 5.96 Å². The zero-order chi connectivity index (χ0) is 19.7. The summed E-state index contributed by atoms with van der Waals surface area (Å²) in [5, 5.41) is 6.08. The van der Waals surface area contributed by atoms with Gasteiger partial charge in [0, 0.05) is 20.1 Å². The molecule has 1 aromatic carbocycles. The summed E-state index contributed by atoms with van der Waals surface area (Å²) in [5.41, 5.74) is 3.57. The van der Waals surface area contributed by atoms with Gasteiger partial charge in [-0.25, -0.2) is 4.99 Å². The molecule has 0 spiro atoms. The maximum Gasteiger partial charge on any atom is 0.406 e. The van der Waals surface area contributed by atoms with Crippen LogP contribution in [0, 0.1) is 13.8 Å². The van der Waals surface area contributed by atoms with Gasteiger partial charge in [-0.2, -0.15) is 13.2 Å². The van der Waals surface area contributed by atoms with Gasteiger partial charge in [0.1, 0.15) is 13.1 Å². The van der Waals surface area contributed by atoms with Crippen LogP contribution in [0.3, 0.4) is 0 Å². The molecule has 26 heavy (non-hydrogen) atoms.